The highest BCUT2D eigenvalue weighted by Crippen LogP contribution is 2.40. The van der Waals surface area contributed by atoms with Crippen LogP contribution in [0, 0.1) is 11.8 Å². The number of carbonyl (C=O) groups excluding carboxylic acids is 3. The summed E-state index contributed by atoms with van der Waals surface area (Å²) >= 11 is 0. The fraction of sp³-hybridized carbons (Fsp3) is 0.425. The number of primary amides is 1. The number of rotatable bonds is 10. The Morgan fingerprint density at radius 1 is 0.927 bits per heavy atom. The standard InChI is InChI=1S/C40H46F3N7O5/c1-21(2)35-46-31-18-27(28(40(41,42)43)19-32(31)47-35)24-10-6-22(7-11-24)16-33(34(44)51)50(26-14-15-29-30(17-26)49-37(53)48-29)36(52)25-12-8-23(9-13-25)20-45-38(54)55-39(3,4)5/h6-7,10-11,14-15,17-19,21,23,25,33H,8-9,12-13,16,20H2,1-5H3,(H2,44,51)(H,45,54)(H,46,47)(H2,48,49,53)/t23?,25?,33-/m0/s1. The lowest BCUT2D eigenvalue weighted by Gasteiger charge is -2.36. The minimum absolute atomic E-state index is 0.00973. The molecule has 12 nitrogen and oxygen atoms in total. The summed E-state index contributed by atoms with van der Waals surface area (Å²) in [6.45, 7) is 9.55. The van der Waals surface area contributed by atoms with E-state index < -0.39 is 47.0 Å². The molecule has 2 aromatic heterocycles. The molecule has 55 heavy (non-hydrogen) atoms. The Morgan fingerprint density at radius 2 is 1.60 bits per heavy atom. The maximum Gasteiger partial charge on any atom is 0.417 e. The third kappa shape index (κ3) is 9.03. The van der Waals surface area contributed by atoms with Gasteiger partial charge in [0.05, 0.1) is 27.6 Å². The minimum Gasteiger partial charge on any atom is -0.444 e. The van der Waals surface area contributed by atoms with Crippen LogP contribution < -0.4 is 21.6 Å². The second kappa shape index (κ2) is 15.3. The first-order chi connectivity index (χ1) is 25.9. The molecule has 0 saturated heterocycles. The van der Waals surface area contributed by atoms with Crippen LogP contribution in [0.15, 0.2) is 59.4 Å². The lowest BCUT2D eigenvalue weighted by atomic mass is 9.81. The predicted octanol–water partition coefficient (Wildman–Crippen LogP) is 7.30. The van der Waals surface area contributed by atoms with Gasteiger partial charge in [-0.3, -0.25) is 14.5 Å². The van der Waals surface area contributed by atoms with Crippen molar-refractivity contribution < 1.29 is 32.3 Å². The van der Waals surface area contributed by atoms with Gasteiger partial charge in [-0.2, -0.15) is 13.2 Å². The van der Waals surface area contributed by atoms with E-state index in [2.05, 4.69) is 25.3 Å². The molecule has 0 radical (unpaired) electrons. The number of hydrogen-bond acceptors (Lipinski definition) is 6. The molecule has 1 atom stereocenters. The number of nitrogens with one attached hydrogen (secondary N) is 4. The Morgan fingerprint density at radius 3 is 2.22 bits per heavy atom. The van der Waals surface area contributed by atoms with E-state index in [-0.39, 0.29) is 29.7 Å². The number of imidazole rings is 2. The number of halogens is 3. The fourth-order valence-electron chi connectivity index (χ4n) is 7.17. The number of nitrogens with zero attached hydrogens (tertiary/aromatic N) is 2. The summed E-state index contributed by atoms with van der Waals surface area (Å²) in [5.74, 6) is -0.863. The highest BCUT2D eigenvalue weighted by atomic mass is 19.4. The Balaban J connectivity index is 1.27. The summed E-state index contributed by atoms with van der Waals surface area (Å²) in [4.78, 5) is 66.2. The number of benzene rings is 3. The Bertz CT molecular complexity index is 2260. The second-order valence-corrected chi connectivity index (χ2v) is 15.6. The predicted molar refractivity (Wildman–Crippen MR) is 203 cm³/mol. The monoisotopic (exact) mass is 761 g/mol. The number of alkyl halides is 3. The molecular weight excluding hydrogens is 715 g/mol. The van der Waals surface area contributed by atoms with Crippen LogP contribution in [0.5, 0.6) is 0 Å². The highest BCUT2D eigenvalue weighted by molar-refractivity contribution is 6.02. The van der Waals surface area contributed by atoms with Crippen LogP contribution in [0.2, 0.25) is 0 Å². The molecule has 5 aromatic rings. The molecule has 1 saturated carbocycles. The minimum atomic E-state index is -4.64. The van der Waals surface area contributed by atoms with Crippen molar-refractivity contribution >= 4 is 45.7 Å². The van der Waals surface area contributed by atoms with Crippen LogP contribution in [0.25, 0.3) is 33.2 Å². The van der Waals surface area contributed by atoms with Crippen molar-refractivity contribution in [3.8, 4) is 11.1 Å². The number of carbonyl (C=O) groups is 3. The normalized spacial score (nSPS) is 17.0. The molecule has 3 aromatic carbocycles. The second-order valence-electron chi connectivity index (χ2n) is 15.6. The van der Waals surface area contributed by atoms with Crippen molar-refractivity contribution in [2.24, 2.45) is 17.6 Å². The summed E-state index contributed by atoms with van der Waals surface area (Å²) in [6, 6.07) is 12.5. The molecule has 0 bridgehead atoms. The first kappa shape index (κ1) is 39.1. The van der Waals surface area contributed by atoms with E-state index in [0.29, 0.717) is 76.9 Å². The van der Waals surface area contributed by atoms with Gasteiger partial charge in [-0.25, -0.2) is 14.6 Å². The summed E-state index contributed by atoms with van der Waals surface area (Å²) in [5, 5.41) is 2.81. The van der Waals surface area contributed by atoms with Crippen molar-refractivity contribution in [3.63, 3.8) is 0 Å². The molecule has 6 rings (SSSR count). The quantitative estimate of drug-likeness (QED) is 0.0997. The Labute approximate surface area is 315 Å². The van der Waals surface area contributed by atoms with Crippen LogP contribution in [0.3, 0.4) is 0 Å². The molecule has 0 spiro atoms. The summed E-state index contributed by atoms with van der Waals surface area (Å²) in [7, 11) is 0. The van der Waals surface area contributed by atoms with Gasteiger partial charge in [-0.1, -0.05) is 38.1 Å². The van der Waals surface area contributed by atoms with E-state index in [1.54, 1.807) is 63.2 Å². The zero-order valence-electron chi connectivity index (χ0n) is 31.4. The first-order valence-corrected chi connectivity index (χ1v) is 18.4. The SMILES string of the molecule is CC(C)c1nc2cc(-c3ccc(C[C@@H](C(N)=O)N(C(=O)C4CCC(CNC(=O)OC(C)(C)C)CC4)c4ccc5[nH]c(=O)[nH]c5c4)cc3)c(C(F)(F)F)cc2[nH]1. The molecule has 3 amide bonds. The maximum atomic E-state index is 14.5. The Kier molecular flexibility index (Phi) is 10.9. The van der Waals surface area contributed by atoms with Crippen LogP contribution in [0.4, 0.5) is 23.7 Å². The number of amides is 3. The number of fused-ring (bicyclic) bond motifs is 2. The molecule has 0 unspecified atom stereocenters. The number of aromatic amines is 3. The van der Waals surface area contributed by atoms with E-state index in [1.165, 1.54) is 11.0 Å². The summed E-state index contributed by atoms with van der Waals surface area (Å²) < 4.78 is 48.3. The lowest BCUT2D eigenvalue weighted by Crippen LogP contribution is -2.52. The van der Waals surface area contributed by atoms with Crippen molar-refractivity contribution in [2.45, 2.75) is 90.5 Å². The smallest absolute Gasteiger partial charge is 0.417 e. The van der Waals surface area contributed by atoms with Crippen LogP contribution >= 0.6 is 0 Å². The Hall–Kier alpha value is -5.60. The average molecular weight is 762 g/mol. The molecule has 6 N–H and O–H groups in total. The van der Waals surface area contributed by atoms with Crippen molar-refractivity contribution in [3.05, 3.63) is 82.0 Å². The number of anilines is 1. The summed E-state index contributed by atoms with van der Waals surface area (Å²) in [6.07, 6.45) is -2.87. The topological polar surface area (TPSA) is 179 Å². The van der Waals surface area contributed by atoms with E-state index in [0.717, 1.165) is 6.07 Å². The largest absolute Gasteiger partial charge is 0.444 e. The molecule has 1 aliphatic carbocycles. The molecule has 292 valence electrons. The summed E-state index contributed by atoms with van der Waals surface area (Å²) in [5.41, 5.74) is 6.97. The van der Waals surface area contributed by atoms with Gasteiger partial charge in [0.1, 0.15) is 17.5 Å². The zero-order chi connectivity index (χ0) is 39.8. The number of alkyl carbamates (subject to hydrolysis) is 1. The third-order valence-corrected chi connectivity index (χ3v) is 9.97. The molecule has 1 fully saturated rings. The lowest BCUT2D eigenvalue weighted by molar-refractivity contribution is -0.137. The van der Waals surface area contributed by atoms with Gasteiger partial charge in [0.25, 0.3) is 0 Å². The van der Waals surface area contributed by atoms with Crippen molar-refractivity contribution in [1.29, 1.82) is 0 Å². The molecule has 15 heteroatoms. The van der Waals surface area contributed by atoms with Gasteiger partial charge in [0, 0.05) is 30.5 Å². The first-order valence-electron chi connectivity index (χ1n) is 18.4. The van der Waals surface area contributed by atoms with Crippen molar-refractivity contribution in [2.75, 3.05) is 11.4 Å². The number of aromatic nitrogens is 4. The van der Waals surface area contributed by atoms with Gasteiger partial charge in [-0.15, -0.1) is 0 Å². The number of hydrogen-bond donors (Lipinski definition) is 5. The van der Waals surface area contributed by atoms with Gasteiger partial charge in [-0.05, 0) is 99.4 Å². The third-order valence-electron chi connectivity index (χ3n) is 9.97. The molecule has 1 aliphatic rings. The van der Waals surface area contributed by atoms with E-state index >= 15 is 0 Å². The van der Waals surface area contributed by atoms with Crippen LogP contribution in [0.1, 0.15) is 83.2 Å². The van der Waals surface area contributed by atoms with Gasteiger partial charge >= 0.3 is 18.0 Å². The number of ether oxygens (including phenoxy) is 1. The van der Waals surface area contributed by atoms with E-state index in [4.69, 9.17) is 10.5 Å². The maximum absolute atomic E-state index is 14.5. The van der Waals surface area contributed by atoms with Gasteiger partial charge in [0.15, 0.2) is 0 Å². The molecule has 2 heterocycles. The van der Waals surface area contributed by atoms with Gasteiger partial charge in [0.2, 0.25) is 11.8 Å². The van der Waals surface area contributed by atoms with Crippen LogP contribution in [-0.2, 0) is 26.9 Å². The number of nitrogens with two attached hydrogens (primary N) is 1. The molecular formula is C40H46F3N7O5. The highest BCUT2D eigenvalue weighted by Gasteiger charge is 2.37. The van der Waals surface area contributed by atoms with Crippen LogP contribution in [-0.4, -0.2) is 56.0 Å². The molecule has 0 aliphatic heterocycles. The van der Waals surface area contributed by atoms with Crippen molar-refractivity contribution in [1.82, 2.24) is 25.3 Å². The van der Waals surface area contributed by atoms with E-state index in [1.807, 2.05) is 13.8 Å². The van der Waals surface area contributed by atoms with Gasteiger partial charge < -0.3 is 30.7 Å². The number of H-pyrrole nitrogens is 3. The zero-order valence-corrected chi connectivity index (χ0v) is 31.4. The van der Waals surface area contributed by atoms with E-state index in [9.17, 15) is 32.3 Å². The fourth-order valence-corrected chi connectivity index (χ4v) is 7.17. The average Bonchev–Trinajstić information content (AvgIpc) is 3.71.